The first-order chi connectivity index (χ1) is 15.9. The Bertz CT molecular complexity index is 1180. The molecule has 2 atom stereocenters. The fourth-order valence-corrected chi connectivity index (χ4v) is 4.51. The van der Waals surface area contributed by atoms with E-state index in [0.29, 0.717) is 6.42 Å². The summed E-state index contributed by atoms with van der Waals surface area (Å²) in [4.78, 5) is 35.9. The normalized spacial score (nSPS) is 16.2. The molecule has 2 unspecified atom stereocenters. The Kier molecular flexibility index (Phi) is 6.79. The van der Waals surface area contributed by atoms with Gasteiger partial charge in [0.05, 0.1) is 18.3 Å². The Morgan fingerprint density at radius 1 is 1.03 bits per heavy atom. The van der Waals surface area contributed by atoms with Crippen molar-refractivity contribution in [1.82, 2.24) is 5.32 Å². The second-order valence-corrected chi connectivity index (χ2v) is 9.02. The highest BCUT2D eigenvalue weighted by Crippen LogP contribution is 2.27. The molecule has 3 aromatic rings. The number of methoxy groups -OCH3 is 1. The number of anilines is 1. The molecule has 3 amide bonds. The van der Waals surface area contributed by atoms with Gasteiger partial charge in [-0.3, -0.25) is 19.7 Å². The third kappa shape index (κ3) is 5.43. The van der Waals surface area contributed by atoms with Crippen LogP contribution < -0.4 is 15.4 Å². The molecule has 0 saturated carbocycles. The number of rotatable bonds is 7. The highest BCUT2D eigenvalue weighted by Gasteiger charge is 2.31. The van der Waals surface area contributed by atoms with Gasteiger partial charge in [0.2, 0.25) is 11.8 Å². The van der Waals surface area contributed by atoms with E-state index < -0.39 is 0 Å². The molecule has 7 heteroatoms. The van der Waals surface area contributed by atoms with Gasteiger partial charge in [0.1, 0.15) is 5.75 Å². The predicted octanol–water partition coefficient (Wildman–Crippen LogP) is 5.00. The molecule has 3 aromatic carbocycles. The van der Waals surface area contributed by atoms with Crippen LogP contribution in [0.4, 0.5) is 10.5 Å². The highest BCUT2D eigenvalue weighted by molar-refractivity contribution is 8.15. The van der Waals surface area contributed by atoms with Crippen molar-refractivity contribution in [2.45, 2.75) is 24.5 Å². The van der Waals surface area contributed by atoms with Gasteiger partial charge in [-0.05, 0) is 59.9 Å². The lowest BCUT2D eigenvalue weighted by Crippen LogP contribution is -2.25. The lowest BCUT2D eigenvalue weighted by molar-refractivity contribution is -0.119. The Morgan fingerprint density at radius 2 is 1.76 bits per heavy atom. The number of hydrogen-bond acceptors (Lipinski definition) is 5. The van der Waals surface area contributed by atoms with Gasteiger partial charge in [-0.1, -0.05) is 60.3 Å². The van der Waals surface area contributed by atoms with E-state index >= 15 is 0 Å². The molecule has 0 aliphatic carbocycles. The van der Waals surface area contributed by atoms with E-state index in [1.807, 2.05) is 79.7 Å². The lowest BCUT2D eigenvalue weighted by atomic mass is 9.99. The Morgan fingerprint density at radius 3 is 2.39 bits per heavy atom. The topological polar surface area (TPSA) is 84.5 Å². The SMILES string of the molecule is COc1ccc(C(C)C(=O)Nc2cccc(-c3ccc(CC4SC(=O)NC4=O)cc3)c2)cc1. The molecule has 1 saturated heterocycles. The number of nitrogens with one attached hydrogen (secondary N) is 2. The van der Waals surface area contributed by atoms with Crippen LogP contribution in [0.25, 0.3) is 11.1 Å². The molecule has 0 radical (unpaired) electrons. The van der Waals surface area contributed by atoms with Gasteiger partial charge in [-0.25, -0.2) is 0 Å². The van der Waals surface area contributed by atoms with Crippen LogP contribution in [0.3, 0.4) is 0 Å². The summed E-state index contributed by atoms with van der Waals surface area (Å²) in [6, 6.07) is 23.1. The van der Waals surface area contributed by atoms with Crippen molar-refractivity contribution in [2.75, 3.05) is 12.4 Å². The van der Waals surface area contributed by atoms with Gasteiger partial charge < -0.3 is 10.1 Å². The second kappa shape index (κ2) is 9.92. The van der Waals surface area contributed by atoms with E-state index in [2.05, 4.69) is 10.6 Å². The number of carbonyl (C=O) groups excluding carboxylic acids is 3. The van der Waals surface area contributed by atoms with Crippen molar-refractivity contribution in [1.29, 1.82) is 0 Å². The molecule has 0 bridgehead atoms. The van der Waals surface area contributed by atoms with Crippen molar-refractivity contribution in [2.24, 2.45) is 0 Å². The summed E-state index contributed by atoms with van der Waals surface area (Å²) in [5.74, 6) is 0.121. The van der Waals surface area contributed by atoms with Crippen LogP contribution in [0.15, 0.2) is 72.8 Å². The van der Waals surface area contributed by atoms with Crippen LogP contribution in [-0.4, -0.2) is 29.4 Å². The predicted molar refractivity (Wildman–Crippen MR) is 131 cm³/mol. The third-order valence-corrected chi connectivity index (χ3v) is 6.60. The van der Waals surface area contributed by atoms with Gasteiger partial charge in [0.25, 0.3) is 5.24 Å². The van der Waals surface area contributed by atoms with Crippen LogP contribution in [-0.2, 0) is 16.0 Å². The summed E-state index contributed by atoms with van der Waals surface area (Å²) in [7, 11) is 1.61. The highest BCUT2D eigenvalue weighted by atomic mass is 32.2. The van der Waals surface area contributed by atoms with E-state index in [0.717, 1.165) is 45.5 Å². The van der Waals surface area contributed by atoms with Crippen molar-refractivity contribution in [3.63, 3.8) is 0 Å². The molecule has 1 fully saturated rings. The van der Waals surface area contributed by atoms with Crippen LogP contribution in [0.2, 0.25) is 0 Å². The lowest BCUT2D eigenvalue weighted by Gasteiger charge is -2.14. The fraction of sp³-hybridized carbons (Fsp3) is 0.192. The zero-order chi connectivity index (χ0) is 23.4. The number of ether oxygens (including phenoxy) is 1. The molecule has 6 nitrogen and oxygen atoms in total. The number of benzene rings is 3. The minimum Gasteiger partial charge on any atom is -0.497 e. The number of amides is 3. The molecule has 1 aliphatic heterocycles. The molecule has 33 heavy (non-hydrogen) atoms. The number of thioether (sulfide) groups is 1. The smallest absolute Gasteiger partial charge is 0.286 e. The van der Waals surface area contributed by atoms with Crippen LogP contribution in [0.5, 0.6) is 5.75 Å². The zero-order valence-corrected chi connectivity index (χ0v) is 19.1. The molecule has 0 spiro atoms. The molecule has 0 aromatic heterocycles. The van der Waals surface area contributed by atoms with Crippen molar-refractivity contribution in [3.8, 4) is 16.9 Å². The van der Waals surface area contributed by atoms with Gasteiger partial charge in [-0.15, -0.1) is 0 Å². The average molecular weight is 461 g/mol. The maximum absolute atomic E-state index is 12.8. The molecule has 2 N–H and O–H groups in total. The molecule has 168 valence electrons. The minimum atomic E-state index is -0.380. The van der Waals surface area contributed by atoms with E-state index in [9.17, 15) is 14.4 Å². The van der Waals surface area contributed by atoms with Gasteiger partial charge >= 0.3 is 0 Å². The average Bonchev–Trinajstić information content (AvgIpc) is 3.15. The van der Waals surface area contributed by atoms with Crippen LogP contribution in [0.1, 0.15) is 24.0 Å². The van der Waals surface area contributed by atoms with E-state index in [1.165, 1.54) is 0 Å². The Hall–Kier alpha value is -3.58. The van der Waals surface area contributed by atoms with E-state index in [4.69, 9.17) is 4.74 Å². The zero-order valence-electron chi connectivity index (χ0n) is 18.3. The summed E-state index contributed by atoms with van der Waals surface area (Å²) >= 11 is 1.03. The summed E-state index contributed by atoms with van der Waals surface area (Å²) in [5, 5.41) is 4.64. The first-order valence-corrected chi connectivity index (χ1v) is 11.5. The van der Waals surface area contributed by atoms with Gasteiger partial charge in [0.15, 0.2) is 0 Å². The minimum absolute atomic E-state index is 0.0884. The molecule has 1 heterocycles. The monoisotopic (exact) mass is 460 g/mol. The van der Waals surface area contributed by atoms with E-state index in [-0.39, 0.29) is 28.2 Å². The summed E-state index contributed by atoms with van der Waals surface area (Å²) in [6.45, 7) is 1.87. The number of carbonyl (C=O) groups is 3. The molecular formula is C26H24N2O4S. The molecule has 1 aliphatic rings. The third-order valence-electron chi connectivity index (χ3n) is 5.61. The second-order valence-electron chi connectivity index (χ2n) is 7.85. The van der Waals surface area contributed by atoms with Crippen molar-refractivity contribution in [3.05, 3.63) is 83.9 Å². The maximum Gasteiger partial charge on any atom is 0.286 e. The van der Waals surface area contributed by atoms with E-state index in [1.54, 1.807) is 7.11 Å². The fourth-order valence-electron chi connectivity index (χ4n) is 3.65. The summed E-state index contributed by atoms with van der Waals surface area (Å²) in [6.07, 6.45) is 0.502. The first-order valence-electron chi connectivity index (χ1n) is 10.6. The van der Waals surface area contributed by atoms with Gasteiger partial charge in [-0.2, -0.15) is 0 Å². The van der Waals surface area contributed by atoms with Gasteiger partial charge in [0, 0.05) is 5.69 Å². The number of imide groups is 1. The van der Waals surface area contributed by atoms with Crippen molar-refractivity contribution < 1.29 is 19.1 Å². The quantitative estimate of drug-likeness (QED) is 0.518. The summed E-state index contributed by atoms with van der Waals surface area (Å²) in [5.41, 5.74) is 4.59. The maximum atomic E-state index is 12.8. The first kappa shape index (κ1) is 22.6. The Labute approximate surface area is 196 Å². The summed E-state index contributed by atoms with van der Waals surface area (Å²) < 4.78 is 5.18. The van der Waals surface area contributed by atoms with Crippen molar-refractivity contribution >= 4 is 34.5 Å². The van der Waals surface area contributed by atoms with Crippen LogP contribution in [0, 0.1) is 0 Å². The van der Waals surface area contributed by atoms with Crippen LogP contribution >= 0.6 is 11.8 Å². The number of hydrogen-bond donors (Lipinski definition) is 2. The largest absolute Gasteiger partial charge is 0.497 e. The molecule has 4 rings (SSSR count). The molecular weight excluding hydrogens is 436 g/mol. The standard InChI is InChI=1S/C26H24N2O4S/c1-16(18-10-12-22(32-2)13-11-18)24(29)27-21-5-3-4-20(15-21)19-8-6-17(7-9-19)14-23-25(30)28-26(31)33-23/h3-13,15-16,23H,14H2,1-2H3,(H,27,29)(H,28,30,31). The Balaban J connectivity index is 1.42.